The molecular formula is C13H17NO5. The number of carboxylic acid groups (broad SMARTS) is 2. The van der Waals surface area contributed by atoms with Gasteiger partial charge in [-0.15, -0.1) is 0 Å². The van der Waals surface area contributed by atoms with Crippen LogP contribution in [-0.4, -0.2) is 33.3 Å². The molecule has 1 rings (SSSR count). The first-order valence-corrected chi connectivity index (χ1v) is 5.81. The summed E-state index contributed by atoms with van der Waals surface area (Å²) in [4.78, 5) is 21.8. The van der Waals surface area contributed by atoms with Gasteiger partial charge in [0.2, 0.25) is 0 Å². The van der Waals surface area contributed by atoms with Crippen LogP contribution in [0.4, 0.5) is 0 Å². The van der Waals surface area contributed by atoms with Gasteiger partial charge in [0.25, 0.3) is 0 Å². The number of aryl methyl sites for hydroxylation is 1. The molecule has 5 N–H and O–H groups in total. The van der Waals surface area contributed by atoms with E-state index in [1.807, 2.05) is 0 Å². The molecule has 19 heavy (non-hydrogen) atoms. The highest BCUT2D eigenvalue weighted by Gasteiger charge is 2.24. The minimum atomic E-state index is -1.21. The third-order valence-corrected chi connectivity index (χ3v) is 2.95. The SMILES string of the molecule is Cc1cc(C[C@@H](CC(N)C(=O)O)C(=O)O)ccc1O. The number of aromatic hydroxyl groups is 1. The van der Waals surface area contributed by atoms with Gasteiger partial charge in [0.15, 0.2) is 0 Å². The summed E-state index contributed by atoms with van der Waals surface area (Å²) in [6, 6.07) is 3.59. The molecule has 0 bridgehead atoms. The summed E-state index contributed by atoms with van der Waals surface area (Å²) < 4.78 is 0. The molecule has 6 nitrogen and oxygen atoms in total. The normalized spacial score (nSPS) is 13.8. The molecule has 1 unspecified atom stereocenters. The van der Waals surface area contributed by atoms with Crippen molar-refractivity contribution in [2.75, 3.05) is 0 Å². The molecule has 0 radical (unpaired) electrons. The molecule has 0 aliphatic heterocycles. The van der Waals surface area contributed by atoms with Crippen LogP contribution in [0.3, 0.4) is 0 Å². The molecule has 1 aromatic rings. The molecule has 0 fully saturated rings. The maximum absolute atomic E-state index is 11.1. The molecule has 0 amide bonds. The van der Waals surface area contributed by atoms with Crippen molar-refractivity contribution in [1.29, 1.82) is 0 Å². The summed E-state index contributed by atoms with van der Waals surface area (Å²) in [5.41, 5.74) is 6.73. The summed E-state index contributed by atoms with van der Waals surface area (Å²) in [6.45, 7) is 1.71. The smallest absolute Gasteiger partial charge is 0.320 e. The van der Waals surface area contributed by atoms with Crippen molar-refractivity contribution in [3.05, 3.63) is 29.3 Å². The summed E-state index contributed by atoms with van der Waals surface area (Å²) in [6.07, 6.45) is 0.0437. The molecular weight excluding hydrogens is 250 g/mol. The standard InChI is InChI=1S/C13H17NO5/c1-7-4-8(2-3-11(7)15)5-9(12(16)17)6-10(14)13(18)19/h2-4,9-10,15H,5-6,14H2,1H3,(H,16,17)(H,18,19)/t9-,10?/m0/s1. The van der Waals surface area contributed by atoms with Crippen molar-refractivity contribution in [3.63, 3.8) is 0 Å². The van der Waals surface area contributed by atoms with Gasteiger partial charge in [0, 0.05) is 0 Å². The van der Waals surface area contributed by atoms with E-state index >= 15 is 0 Å². The Morgan fingerprint density at radius 3 is 2.37 bits per heavy atom. The van der Waals surface area contributed by atoms with E-state index in [0.717, 1.165) is 5.56 Å². The summed E-state index contributed by atoms with van der Waals surface area (Å²) in [5.74, 6) is -3.02. The van der Waals surface area contributed by atoms with E-state index in [1.54, 1.807) is 19.1 Å². The number of rotatable bonds is 6. The lowest BCUT2D eigenvalue weighted by Gasteiger charge is -2.15. The average Bonchev–Trinajstić information content (AvgIpc) is 2.32. The third-order valence-electron chi connectivity index (χ3n) is 2.95. The molecule has 6 heteroatoms. The molecule has 1 aromatic carbocycles. The maximum Gasteiger partial charge on any atom is 0.320 e. The first-order chi connectivity index (χ1) is 8.81. The minimum Gasteiger partial charge on any atom is -0.508 e. The maximum atomic E-state index is 11.1. The fourth-order valence-corrected chi connectivity index (χ4v) is 1.81. The van der Waals surface area contributed by atoms with Crippen molar-refractivity contribution in [2.45, 2.75) is 25.8 Å². The quantitative estimate of drug-likeness (QED) is 0.603. The topological polar surface area (TPSA) is 121 Å². The lowest BCUT2D eigenvalue weighted by Crippen LogP contribution is -2.35. The van der Waals surface area contributed by atoms with Crippen LogP contribution in [0.15, 0.2) is 18.2 Å². The van der Waals surface area contributed by atoms with Crippen LogP contribution in [-0.2, 0) is 16.0 Å². The molecule has 0 spiro atoms. The van der Waals surface area contributed by atoms with E-state index < -0.39 is 23.9 Å². The Balaban J connectivity index is 2.81. The van der Waals surface area contributed by atoms with E-state index in [4.69, 9.17) is 15.9 Å². The van der Waals surface area contributed by atoms with Gasteiger partial charge < -0.3 is 21.1 Å². The number of aliphatic carboxylic acids is 2. The summed E-state index contributed by atoms with van der Waals surface area (Å²) in [7, 11) is 0. The Morgan fingerprint density at radius 1 is 1.26 bits per heavy atom. The van der Waals surface area contributed by atoms with Gasteiger partial charge in [0.05, 0.1) is 5.92 Å². The molecule has 0 saturated heterocycles. The second-order valence-electron chi connectivity index (χ2n) is 4.54. The number of hydrogen-bond donors (Lipinski definition) is 4. The number of benzene rings is 1. The third kappa shape index (κ3) is 4.26. The predicted molar refractivity (Wildman–Crippen MR) is 67.9 cm³/mol. The molecule has 0 heterocycles. The number of carboxylic acids is 2. The molecule has 2 atom stereocenters. The minimum absolute atomic E-state index is 0.134. The van der Waals surface area contributed by atoms with Gasteiger partial charge >= 0.3 is 11.9 Å². The fourth-order valence-electron chi connectivity index (χ4n) is 1.81. The van der Waals surface area contributed by atoms with Crippen molar-refractivity contribution in [3.8, 4) is 5.75 Å². The van der Waals surface area contributed by atoms with Crippen LogP contribution in [0.25, 0.3) is 0 Å². The van der Waals surface area contributed by atoms with E-state index in [2.05, 4.69) is 0 Å². The van der Waals surface area contributed by atoms with Gasteiger partial charge in [0.1, 0.15) is 11.8 Å². The Labute approximate surface area is 110 Å². The van der Waals surface area contributed by atoms with Gasteiger partial charge in [-0.1, -0.05) is 12.1 Å². The number of nitrogens with two attached hydrogens (primary N) is 1. The summed E-state index contributed by atoms with van der Waals surface area (Å²) >= 11 is 0. The monoisotopic (exact) mass is 267 g/mol. The molecule has 0 saturated carbocycles. The second kappa shape index (κ2) is 6.19. The highest BCUT2D eigenvalue weighted by atomic mass is 16.4. The zero-order valence-electron chi connectivity index (χ0n) is 10.5. The van der Waals surface area contributed by atoms with Crippen molar-refractivity contribution in [2.24, 2.45) is 11.7 Å². The van der Waals surface area contributed by atoms with Crippen LogP contribution in [0.5, 0.6) is 5.75 Å². The number of hydrogen-bond acceptors (Lipinski definition) is 4. The van der Waals surface area contributed by atoms with E-state index in [9.17, 15) is 14.7 Å². The van der Waals surface area contributed by atoms with Gasteiger partial charge in [-0.2, -0.15) is 0 Å². The average molecular weight is 267 g/mol. The Morgan fingerprint density at radius 2 is 1.89 bits per heavy atom. The Kier molecular flexibility index (Phi) is 4.88. The lowest BCUT2D eigenvalue weighted by molar-refractivity contribution is -0.143. The first-order valence-electron chi connectivity index (χ1n) is 5.81. The van der Waals surface area contributed by atoms with Gasteiger partial charge in [-0.05, 0) is 37.0 Å². The van der Waals surface area contributed by atoms with E-state index in [0.29, 0.717) is 5.56 Å². The lowest BCUT2D eigenvalue weighted by atomic mass is 9.92. The largest absolute Gasteiger partial charge is 0.508 e. The van der Waals surface area contributed by atoms with E-state index in [-0.39, 0.29) is 18.6 Å². The second-order valence-corrected chi connectivity index (χ2v) is 4.54. The molecule has 0 aromatic heterocycles. The first kappa shape index (κ1) is 15.0. The van der Waals surface area contributed by atoms with Crippen LogP contribution < -0.4 is 5.73 Å². The number of phenols is 1. The van der Waals surface area contributed by atoms with Crippen LogP contribution in [0, 0.1) is 12.8 Å². The van der Waals surface area contributed by atoms with Crippen LogP contribution >= 0.6 is 0 Å². The van der Waals surface area contributed by atoms with Gasteiger partial charge in [-0.25, -0.2) is 0 Å². The Bertz CT molecular complexity index is 486. The highest BCUT2D eigenvalue weighted by molar-refractivity contribution is 5.76. The molecule has 104 valence electrons. The van der Waals surface area contributed by atoms with Gasteiger partial charge in [-0.3, -0.25) is 9.59 Å². The summed E-state index contributed by atoms with van der Waals surface area (Å²) in [5, 5.41) is 27.2. The van der Waals surface area contributed by atoms with Crippen LogP contribution in [0.2, 0.25) is 0 Å². The van der Waals surface area contributed by atoms with Crippen LogP contribution in [0.1, 0.15) is 17.5 Å². The van der Waals surface area contributed by atoms with Crippen molar-refractivity contribution in [1.82, 2.24) is 0 Å². The van der Waals surface area contributed by atoms with Crippen molar-refractivity contribution < 1.29 is 24.9 Å². The number of phenolic OH excluding ortho intramolecular Hbond substituents is 1. The fraction of sp³-hybridized carbons (Fsp3) is 0.385. The Hall–Kier alpha value is -2.08. The number of carbonyl (C=O) groups is 2. The predicted octanol–water partition coefficient (Wildman–Crippen LogP) is 0.746. The highest BCUT2D eigenvalue weighted by Crippen LogP contribution is 2.21. The molecule has 0 aliphatic carbocycles. The van der Waals surface area contributed by atoms with Crippen molar-refractivity contribution >= 4 is 11.9 Å². The van der Waals surface area contributed by atoms with E-state index in [1.165, 1.54) is 6.07 Å². The zero-order chi connectivity index (χ0) is 14.6. The molecule has 0 aliphatic rings. The zero-order valence-corrected chi connectivity index (χ0v) is 10.5.